The third-order valence-electron chi connectivity index (χ3n) is 6.21. The first kappa shape index (κ1) is 27.2. The van der Waals surface area contributed by atoms with Gasteiger partial charge in [0.1, 0.15) is 11.5 Å². The molecule has 2 aromatic rings. The largest absolute Gasteiger partial charge is 0.508 e. The second kappa shape index (κ2) is 13.0. The minimum absolute atomic E-state index is 0.0426. The summed E-state index contributed by atoms with van der Waals surface area (Å²) in [5, 5.41) is 25.0. The number of amides is 1. The third kappa shape index (κ3) is 7.51. The molecule has 0 radical (unpaired) electrons. The van der Waals surface area contributed by atoms with Crippen molar-refractivity contribution in [2.45, 2.75) is 86.5 Å². The number of aromatic hydroxyl groups is 2. The van der Waals surface area contributed by atoms with Crippen LogP contribution in [0.3, 0.4) is 0 Å². The van der Waals surface area contributed by atoms with Crippen molar-refractivity contribution in [3.05, 3.63) is 75.4 Å². The highest BCUT2D eigenvalue weighted by atomic mass is 16.3. The topological polar surface area (TPSA) is 69.6 Å². The fourth-order valence-corrected chi connectivity index (χ4v) is 4.12. The molecule has 0 saturated heterocycles. The fraction of sp³-hybridized carbons (Fsp3) is 0.433. The van der Waals surface area contributed by atoms with Gasteiger partial charge in [-0.05, 0) is 89.5 Å². The van der Waals surface area contributed by atoms with Gasteiger partial charge in [-0.3, -0.25) is 4.79 Å². The lowest BCUT2D eigenvalue weighted by Crippen LogP contribution is -2.17. The summed E-state index contributed by atoms with van der Waals surface area (Å²) in [6, 6.07) is 7.53. The van der Waals surface area contributed by atoms with Crippen LogP contribution in [0.25, 0.3) is 0 Å². The van der Waals surface area contributed by atoms with Gasteiger partial charge in [0.2, 0.25) is 0 Å². The molecular formula is C30H41NO3. The maximum Gasteiger partial charge on any atom is 0.259 e. The first-order valence-electron chi connectivity index (χ1n) is 12.4. The van der Waals surface area contributed by atoms with E-state index in [1.807, 2.05) is 38.1 Å². The minimum Gasteiger partial charge on any atom is -0.508 e. The average molecular weight is 464 g/mol. The molecule has 2 rings (SSSR count). The summed E-state index contributed by atoms with van der Waals surface area (Å²) in [6.45, 7) is 12.3. The van der Waals surface area contributed by atoms with Crippen LogP contribution in [0.15, 0.2) is 47.6 Å². The van der Waals surface area contributed by atoms with E-state index < -0.39 is 0 Å². The van der Waals surface area contributed by atoms with Gasteiger partial charge in [0.15, 0.2) is 0 Å². The summed E-state index contributed by atoms with van der Waals surface area (Å²) in [5.41, 5.74) is 6.51. The number of anilines is 1. The Morgan fingerprint density at radius 1 is 1.03 bits per heavy atom. The van der Waals surface area contributed by atoms with Gasteiger partial charge in [-0.2, -0.15) is 0 Å². The number of phenols is 2. The van der Waals surface area contributed by atoms with Crippen LogP contribution in [0.4, 0.5) is 5.69 Å². The van der Waals surface area contributed by atoms with Gasteiger partial charge in [0.25, 0.3) is 5.91 Å². The second-order valence-corrected chi connectivity index (χ2v) is 9.51. The molecule has 184 valence electrons. The number of nitrogens with one attached hydrogen (secondary N) is 1. The predicted molar refractivity (Wildman–Crippen MR) is 143 cm³/mol. The standard InChI is InChI=1S/C30H41NO3/c1-7-8-9-16-24-19-26(32)25(18-17-21(4)13-10-12-20(2)3)29(33)27(24)30(34)31-28-22(5)14-11-15-23(28)6/h11-12,14-15,17,19,32-33H,7-10,13,16,18H2,1-6H3,(H,31,34)/b21-17+. The molecule has 0 aromatic heterocycles. The van der Waals surface area contributed by atoms with Crippen LogP contribution in [0.1, 0.15) is 92.4 Å². The fourth-order valence-electron chi connectivity index (χ4n) is 4.12. The van der Waals surface area contributed by atoms with Gasteiger partial charge < -0.3 is 15.5 Å². The van der Waals surface area contributed by atoms with Crippen molar-refractivity contribution in [2.24, 2.45) is 0 Å². The molecule has 0 spiro atoms. The van der Waals surface area contributed by atoms with E-state index in [1.165, 1.54) is 11.1 Å². The zero-order valence-electron chi connectivity index (χ0n) is 21.7. The van der Waals surface area contributed by atoms with Crippen LogP contribution in [0.5, 0.6) is 11.5 Å². The van der Waals surface area contributed by atoms with Crippen molar-refractivity contribution in [1.82, 2.24) is 0 Å². The Balaban J connectivity index is 2.41. The maximum atomic E-state index is 13.4. The number of allylic oxidation sites excluding steroid dienone is 4. The Morgan fingerprint density at radius 2 is 1.71 bits per heavy atom. The molecule has 0 saturated carbocycles. The molecular weight excluding hydrogens is 422 g/mol. The SMILES string of the molecule is CCCCCc1cc(O)c(C/C=C(\C)CCC=C(C)C)c(O)c1C(=O)Nc1c(C)cccc1C. The number of benzene rings is 2. The normalized spacial score (nSPS) is 11.4. The van der Waals surface area contributed by atoms with Crippen molar-refractivity contribution in [3.63, 3.8) is 0 Å². The van der Waals surface area contributed by atoms with E-state index in [2.05, 4.69) is 39.1 Å². The molecule has 0 fully saturated rings. The average Bonchev–Trinajstić information content (AvgIpc) is 2.76. The molecule has 0 heterocycles. The zero-order valence-corrected chi connectivity index (χ0v) is 21.7. The summed E-state index contributed by atoms with van der Waals surface area (Å²) in [4.78, 5) is 13.4. The summed E-state index contributed by atoms with van der Waals surface area (Å²) in [6.07, 6.45) is 10.1. The molecule has 3 N–H and O–H groups in total. The Bertz CT molecular complexity index is 1040. The van der Waals surface area contributed by atoms with Gasteiger partial charge in [0.05, 0.1) is 5.56 Å². The zero-order chi connectivity index (χ0) is 25.3. The highest BCUT2D eigenvalue weighted by Gasteiger charge is 2.23. The van der Waals surface area contributed by atoms with Crippen molar-refractivity contribution >= 4 is 11.6 Å². The van der Waals surface area contributed by atoms with Gasteiger partial charge in [0, 0.05) is 11.3 Å². The highest BCUT2D eigenvalue weighted by molar-refractivity contribution is 6.08. The van der Waals surface area contributed by atoms with Crippen LogP contribution in [0.2, 0.25) is 0 Å². The van der Waals surface area contributed by atoms with E-state index in [0.717, 1.165) is 48.9 Å². The lowest BCUT2D eigenvalue weighted by atomic mass is 9.94. The first-order valence-corrected chi connectivity index (χ1v) is 12.4. The van der Waals surface area contributed by atoms with Gasteiger partial charge in [-0.15, -0.1) is 0 Å². The Hall–Kier alpha value is -3.01. The molecule has 4 nitrogen and oxygen atoms in total. The number of carbonyl (C=O) groups is 1. The molecule has 0 aliphatic rings. The van der Waals surface area contributed by atoms with Crippen LogP contribution in [-0.4, -0.2) is 16.1 Å². The maximum absolute atomic E-state index is 13.4. The molecule has 34 heavy (non-hydrogen) atoms. The van der Waals surface area contributed by atoms with E-state index in [1.54, 1.807) is 6.07 Å². The molecule has 0 aliphatic carbocycles. The van der Waals surface area contributed by atoms with E-state index in [9.17, 15) is 15.0 Å². The van der Waals surface area contributed by atoms with Crippen LogP contribution in [0, 0.1) is 13.8 Å². The van der Waals surface area contributed by atoms with Gasteiger partial charge in [-0.1, -0.05) is 61.3 Å². The third-order valence-corrected chi connectivity index (χ3v) is 6.21. The molecule has 0 unspecified atom stereocenters. The lowest BCUT2D eigenvalue weighted by Gasteiger charge is -2.18. The summed E-state index contributed by atoms with van der Waals surface area (Å²) < 4.78 is 0. The van der Waals surface area contributed by atoms with E-state index >= 15 is 0 Å². The van der Waals surface area contributed by atoms with Crippen LogP contribution >= 0.6 is 0 Å². The van der Waals surface area contributed by atoms with Gasteiger partial charge >= 0.3 is 0 Å². The van der Waals surface area contributed by atoms with Crippen LogP contribution in [-0.2, 0) is 12.8 Å². The number of hydrogen-bond acceptors (Lipinski definition) is 3. The Morgan fingerprint density at radius 3 is 2.32 bits per heavy atom. The first-order chi connectivity index (χ1) is 16.1. The van der Waals surface area contributed by atoms with Crippen molar-refractivity contribution in [1.29, 1.82) is 0 Å². The van der Waals surface area contributed by atoms with Gasteiger partial charge in [-0.25, -0.2) is 0 Å². The molecule has 2 aromatic carbocycles. The monoisotopic (exact) mass is 463 g/mol. The number of carbonyl (C=O) groups excluding carboxylic acids is 1. The summed E-state index contributed by atoms with van der Waals surface area (Å²) >= 11 is 0. The molecule has 1 amide bonds. The molecule has 0 bridgehead atoms. The predicted octanol–water partition coefficient (Wildman–Crippen LogP) is 7.93. The number of phenolic OH excluding ortho intramolecular Hbond substituents is 2. The Labute approximate surface area is 205 Å². The summed E-state index contributed by atoms with van der Waals surface area (Å²) in [7, 11) is 0. The number of unbranched alkanes of at least 4 members (excludes halogenated alkanes) is 2. The van der Waals surface area contributed by atoms with E-state index in [-0.39, 0.29) is 23.0 Å². The van der Waals surface area contributed by atoms with Crippen molar-refractivity contribution in [3.8, 4) is 11.5 Å². The number of aryl methyl sites for hydroxylation is 3. The van der Waals surface area contributed by atoms with Crippen molar-refractivity contribution in [2.75, 3.05) is 5.32 Å². The van der Waals surface area contributed by atoms with Crippen LogP contribution < -0.4 is 5.32 Å². The van der Waals surface area contributed by atoms with Crippen molar-refractivity contribution < 1.29 is 15.0 Å². The number of hydrogen-bond donors (Lipinski definition) is 3. The lowest BCUT2D eigenvalue weighted by molar-refractivity contribution is 0.102. The van der Waals surface area contributed by atoms with E-state index in [4.69, 9.17) is 0 Å². The Kier molecular flexibility index (Phi) is 10.4. The summed E-state index contributed by atoms with van der Waals surface area (Å²) in [5.74, 6) is -0.420. The molecule has 0 aliphatic heterocycles. The van der Waals surface area contributed by atoms with E-state index in [0.29, 0.717) is 24.0 Å². The number of rotatable bonds is 11. The molecule has 0 atom stereocenters. The molecule has 4 heteroatoms. The number of para-hydroxylation sites is 1. The smallest absolute Gasteiger partial charge is 0.259 e. The highest BCUT2D eigenvalue weighted by Crippen LogP contribution is 2.36. The second-order valence-electron chi connectivity index (χ2n) is 9.51. The minimum atomic E-state index is -0.341. The quantitative estimate of drug-likeness (QED) is 0.234.